The van der Waals surface area contributed by atoms with Gasteiger partial charge in [0.05, 0.1) is 33.1 Å². The van der Waals surface area contributed by atoms with Gasteiger partial charge in [-0.1, -0.05) is 11.6 Å². The minimum Gasteiger partial charge on any atom is -0.369 e. The van der Waals surface area contributed by atoms with Crippen molar-refractivity contribution in [2.24, 2.45) is 5.92 Å². The molecule has 13 nitrogen and oxygen atoms in total. The van der Waals surface area contributed by atoms with Crippen molar-refractivity contribution in [2.75, 3.05) is 65.4 Å². The lowest BCUT2D eigenvalue weighted by Crippen LogP contribution is -2.55. The van der Waals surface area contributed by atoms with Crippen molar-refractivity contribution in [3.8, 4) is 6.07 Å². The molecule has 1 saturated carbocycles. The van der Waals surface area contributed by atoms with E-state index in [-0.39, 0.29) is 45.8 Å². The molecule has 5 amide bonds. The molecule has 16 heteroatoms. The Hall–Kier alpha value is -5.43. The molecule has 58 heavy (non-hydrogen) atoms. The van der Waals surface area contributed by atoms with Crippen LogP contribution in [0.2, 0.25) is 5.02 Å². The lowest BCUT2D eigenvalue weighted by atomic mass is 9.75. The van der Waals surface area contributed by atoms with Crippen molar-refractivity contribution in [1.82, 2.24) is 15.1 Å². The van der Waals surface area contributed by atoms with Crippen LogP contribution in [0.1, 0.15) is 71.2 Å². The Bertz CT molecular complexity index is 2330. The van der Waals surface area contributed by atoms with Gasteiger partial charge >= 0.3 is 0 Å². The first-order valence-electron chi connectivity index (χ1n) is 19.7. The summed E-state index contributed by atoms with van der Waals surface area (Å²) in [5.41, 5.74) is 2.36. The molecule has 6 aliphatic rings. The second kappa shape index (κ2) is 14.7. The molecule has 1 N–H and O–H groups in total. The number of imide groups is 2. The van der Waals surface area contributed by atoms with Gasteiger partial charge in [-0.05, 0) is 111 Å². The smallest absolute Gasteiger partial charge is 0.262 e. The van der Waals surface area contributed by atoms with Gasteiger partial charge in [-0.2, -0.15) is 5.26 Å². The molecular formula is C42H40ClFN8O5S. The Labute approximate surface area is 344 Å². The van der Waals surface area contributed by atoms with Crippen molar-refractivity contribution in [1.29, 1.82) is 5.26 Å². The number of piperidine rings is 2. The van der Waals surface area contributed by atoms with Crippen LogP contribution in [0.5, 0.6) is 0 Å². The van der Waals surface area contributed by atoms with Gasteiger partial charge in [0.15, 0.2) is 5.11 Å². The first-order chi connectivity index (χ1) is 28.0. The Morgan fingerprint density at radius 3 is 2.19 bits per heavy atom. The lowest BCUT2D eigenvalue weighted by molar-refractivity contribution is -0.136. The molecule has 1 atom stereocenters. The number of piperazine rings is 1. The Kier molecular flexibility index (Phi) is 9.69. The highest BCUT2D eigenvalue weighted by Gasteiger charge is 2.59. The average molecular weight is 823 g/mol. The number of halogens is 2. The van der Waals surface area contributed by atoms with E-state index in [4.69, 9.17) is 23.8 Å². The number of rotatable bonds is 7. The van der Waals surface area contributed by atoms with E-state index in [2.05, 4.69) is 20.0 Å². The number of hydrogen-bond donors (Lipinski definition) is 1. The Balaban J connectivity index is 0.794. The van der Waals surface area contributed by atoms with Crippen molar-refractivity contribution >= 4 is 81.2 Å². The molecular weight excluding hydrogens is 783 g/mol. The Morgan fingerprint density at radius 2 is 1.53 bits per heavy atom. The van der Waals surface area contributed by atoms with Crippen molar-refractivity contribution in [2.45, 2.75) is 56.5 Å². The summed E-state index contributed by atoms with van der Waals surface area (Å²) in [7, 11) is 0. The van der Waals surface area contributed by atoms with Gasteiger partial charge in [0, 0.05) is 63.6 Å². The first-order valence-corrected chi connectivity index (χ1v) is 20.5. The van der Waals surface area contributed by atoms with Crippen molar-refractivity contribution in [3.63, 3.8) is 0 Å². The quantitative estimate of drug-likeness (QED) is 0.259. The number of thiocarbonyl (C=S) groups is 1. The highest BCUT2D eigenvalue weighted by molar-refractivity contribution is 7.81. The summed E-state index contributed by atoms with van der Waals surface area (Å²) >= 11 is 12.2. The molecule has 5 fully saturated rings. The number of amides is 5. The topological polar surface area (TPSA) is 141 Å². The van der Waals surface area contributed by atoms with Gasteiger partial charge in [-0.15, -0.1) is 0 Å². The fraction of sp³-hybridized carbons (Fsp3) is 0.405. The third kappa shape index (κ3) is 6.29. The van der Waals surface area contributed by atoms with E-state index in [0.29, 0.717) is 41.4 Å². The lowest BCUT2D eigenvalue weighted by Gasteiger charge is -2.43. The van der Waals surface area contributed by atoms with E-state index in [1.165, 1.54) is 11.0 Å². The van der Waals surface area contributed by atoms with E-state index in [0.717, 1.165) is 75.7 Å². The number of nitriles is 1. The molecule has 3 aromatic carbocycles. The van der Waals surface area contributed by atoms with Gasteiger partial charge in [0.2, 0.25) is 11.8 Å². The number of carbonyl (C=O) groups excluding carboxylic acids is 5. The number of nitrogens with one attached hydrogen (secondary N) is 1. The second-order valence-electron chi connectivity index (χ2n) is 16.0. The third-order valence-electron chi connectivity index (χ3n) is 12.7. The number of benzene rings is 3. The fourth-order valence-electron chi connectivity index (χ4n) is 9.40. The molecule has 1 spiro atoms. The summed E-state index contributed by atoms with van der Waals surface area (Å²) in [6.07, 6.45) is 4.08. The second-order valence-corrected chi connectivity index (χ2v) is 16.7. The van der Waals surface area contributed by atoms with Crippen LogP contribution < -0.4 is 24.9 Å². The Morgan fingerprint density at radius 1 is 0.828 bits per heavy atom. The molecule has 9 rings (SSSR count). The van der Waals surface area contributed by atoms with Crippen LogP contribution in [0.3, 0.4) is 0 Å². The zero-order chi connectivity index (χ0) is 40.5. The van der Waals surface area contributed by atoms with E-state index >= 15 is 4.39 Å². The van der Waals surface area contributed by atoms with Crippen molar-refractivity contribution in [3.05, 3.63) is 82.1 Å². The molecule has 0 aromatic heterocycles. The van der Waals surface area contributed by atoms with Crippen LogP contribution >= 0.6 is 23.8 Å². The molecule has 1 aliphatic carbocycles. The van der Waals surface area contributed by atoms with Crippen LogP contribution in [0.25, 0.3) is 0 Å². The first kappa shape index (κ1) is 38.1. The van der Waals surface area contributed by atoms with Crippen molar-refractivity contribution < 1.29 is 28.4 Å². The summed E-state index contributed by atoms with van der Waals surface area (Å²) in [6.45, 7) is 5.54. The minimum absolute atomic E-state index is 0.0750. The zero-order valence-corrected chi connectivity index (χ0v) is 33.2. The normalized spacial score (nSPS) is 22.5. The van der Waals surface area contributed by atoms with E-state index in [1.54, 1.807) is 41.3 Å². The summed E-state index contributed by atoms with van der Waals surface area (Å²) in [6, 6.07) is 16.2. The van der Waals surface area contributed by atoms with Crippen LogP contribution in [-0.2, 0) is 14.4 Å². The molecule has 0 bridgehead atoms. The minimum atomic E-state index is -0.994. The van der Waals surface area contributed by atoms with Crippen LogP contribution in [0.15, 0.2) is 54.6 Å². The van der Waals surface area contributed by atoms with Crippen LogP contribution in [0.4, 0.5) is 27.1 Å². The molecule has 4 saturated heterocycles. The molecule has 1 unspecified atom stereocenters. The maximum atomic E-state index is 16.0. The summed E-state index contributed by atoms with van der Waals surface area (Å²) in [4.78, 5) is 75.4. The van der Waals surface area contributed by atoms with Crippen LogP contribution in [-0.4, -0.2) is 102 Å². The highest BCUT2D eigenvalue weighted by atomic mass is 35.5. The van der Waals surface area contributed by atoms with Gasteiger partial charge < -0.3 is 14.7 Å². The average Bonchev–Trinajstić information content (AvgIpc) is 3.59. The predicted molar refractivity (Wildman–Crippen MR) is 218 cm³/mol. The molecule has 3 aromatic rings. The molecule has 5 aliphatic heterocycles. The highest BCUT2D eigenvalue weighted by Crippen LogP contribution is 2.48. The third-order valence-corrected chi connectivity index (χ3v) is 13.4. The van der Waals surface area contributed by atoms with Gasteiger partial charge in [-0.3, -0.25) is 44.0 Å². The fourth-order valence-corrected chi connectivity index (χ4v) is 10.1. The summed E-state index contributed by atoms with van der Waals surface area (Å²) in [5.74, 6) is -2.13. The SMILES string of the molecule is N#Cc1ccc(N2C(=O)C3(CCC3)N(c3ccc(N4CCC(CN5CCN(c6ccc7c(c6)C(=O)N(C6CCC(=O)NC6=O)C7=O)CC5)CC4)c(F)c3)C2=S)cc1Cl. The van der Waals surface area contributed by atoms with Gasteiger partial charge in [0.25, 0.3) is 17.7 Å². The number of carbonyl (C=O) groups is 5. The summed E-state index contributed by atoms with van der Waals surface area (Å²) < 4.78 is 16.0. The number of anilines is 4. The number of hydrogen-bond acceptors (Lipinski definition) is 10. The molecule has 298 valence electrons. The summed E-state index contributed by atoms with van der Waals surface area (Å²) in [5, 5.41) is 12.0. The number of nitrogens with zero attached hydrogens (tertiary/aromatic N) is 7. The maximum Gasteiger partial charge on any atom is 0.262 e. The van der Waals surface area contributed by atoms with E-state index in [1.807, 2.05) is 18.2 Å². The molecule has 5 heterocycles. The van der Waals surface area contributed by atoms with Gasteiger partial charge in [-0.25, -0.2) is 4.39 Å². The standard InChI is InChI=1S/C42H40ClFN8O5S/c43-32-21-28(3-2-26(32)23-45)50-40(57)42(12-1-13-42)52(41(50)58)29-5-7-34(33(44)22-29)49-14-10-25(11-15-49)24-47-16-18-48(19-17-47)27-4-6-30-31(20-27)39(56)51(38(30)55)35-8-9-36(53)46-37(35)54/h2-7,20-22,25,35H,1,8-19,24H2,(H,46,53,54). The number of fused-ring (bicyclic) bond motifs is 1. The molecule has 0 radical (unpaired) electrons. The monoisotopic (exact) mass is 822 g/mol. The van der Waals surface area contributed by atoms with Gasteiger partial charge in [0.1, 0.15) is 23.5 Å². The van der Waals surface area contributed by atoms with Crippen LogP contribution in [0, 0.1) is 23.1 Å². The van der Waals surface area contributed by atoms with E-state index in [9.17, 15) is 29.2 Å². The predicted octanol–water partition coefficient (Wildman–Crippen LogP) is 4.85. The largest absolute Gasteiger partial charge is 0.369 e. The zero-order valence-electron chi connectivity index (χ0n) is 31.6. The van der Waals surface area contributed by atoms with E-state index < -0.39 is 35.2 Å². The maximum absolute atomic E-state index is 16.0.